The number of rotatable bonds is 3. The summed E-state index contributed by atoms with van der Waals surface area (Å²) in [5, 5.41) is 2.05. The minimum atomic E-state index is -5.06. The number of carbonyl (C=O) groups is 1. The summed E-state index contributed by atoms with van der Waals surface area (Å²) in [4.78, 5) is 12.6. The highest BCUT2D eigenvalue weighted by Gasteiger charge is 2.37. The Morgan fingerprint density at radius 1 is 1.03 bits per heavy atom. The van der Waals surface area contributed by atoms with Crippen molar-refractivity contribution in [1.29, 1.82) is 0 Å². The minimum absolute atomic E-state index is 0.0464. The van der Waals surface area contributed by atoms with Gasteiger partial charge in [-0.2, -0.15) is 26.3 Å². The summed E-state index contributed by atoms with van der Waals surface area (Å²) < 4.78 is 102. The van der Waals surface area contributed by atoms with E-state index in [9.17, 15) is 39.6 Å². The number of amides is 1. The molecule has 1 aromatic heterocycles. The molecule has 0 radical (unpaired) electrons. The molecule has 0 atom stereocenters. The summed E-state index contributed by atoms with van der Waals surface area (Å²) in [5.74, 6) is -0.978. The van der Waals surface area contributed by atoms with Gasteiger partial charge in [0.05, 0.1) is 16.0 Å². The van der Waals surface area contributed by atoms with Gasteiger partial charge in [0, 0.05) is 17.5 Å². The van der Waals surface area contributed by atoms with Crippen LogP contribution in [0.3, 0.4) is 0 Å². The van der Waals surface area contributed by atoms with Crippen LogP contribution in [0.1, 0.15) is 38.3 Å². The molecule has 1 heterocycles. The number of carbonyl (C=O) groups excluding carboxylic acids is 1. The maximum Gasteiger partial charge on any atom is 0.416 e. The van der Waals surface area contributed by atoms with Crippen LogP contribution in [0, 0.1) is 0 Å². The fourth-order valence-electron chi connectivity index (χ4n) is 2.97. The first kappa shape index (κ1) is 22.3. The quantitative estimate of drug-likeness (QED) is 0.613. The summed E-state index contributed by atoms with van der Waals surface area (Å²) >= 11 is 0.633. The Morgan fingerprint density at radius 2 is 1.60 bits per heavy atom. The normalized spacial score (nSPS) is 14.5. The average molecular weight is 469 g/mol. The van der Waals surface area contributed by atoms with Gasteiger partial charge in [-0.05, 0) is 36.6 Å². The zero-order valence-electron chi connectivity index (χ0n) is 15.1. The number of hydrogen-bond acceptors (Lipinski definition) is 4. The molecule has 1 aromatic carbocycles. The minimum Gasteiger partial charge on any atom is -0.321 e. The van der Waals surface area contributed by atoms with Crippen molar-refractivity contribution in [2.45, 2.75) is 29.4 Å². The molecule has 1 amide bonds. The van der Waals surface area contributed by atoms with Crippen molar-refractivity contribution in [3.63, 3.8) is 0 Å². The molecule has 1 N–H and O–H groups in total. The van der Waals surface area contributed by atoms with Crippen LogP contribution in [0.4, 0.5) is 32.0 Å². The summed E-state index contributed by atoms with van der Waals surface area (Å²) in [7, 11) is -3.69. The number of thiophene rings is 1. The number of anilines is 1. The molecule has 4 nitrogen and oxygen atoms in total. The van der Waals surface area contributed by atoms with Gasteiger partial charge in [-0.3, -0.25) is 4.79 Å². The lowest BCUT2D eigenvalue weighted by atomic mass is 9.99. The maximum atomic E-state index is 13.0. The van der Waals surface area contributed by atoms with Crippen molar-refractivity contribution >= 4 is 38.8 Å². The maximum absolute atomic E-state index is 13.0. The Bertz CT molecular complexity index is 1110. The van der Waals surface area contributed by atoms with Crippen LogP contribution in [0.2, 0.25) is 0 Å². The predicted octanol–water partition coefficient (Wildman–Crippen LogP) is 5.40. The molecule has 0 saturated carbocycles. The lowest BCUT2D eigenvalue weighted by Gasteiger charge is -2.15. The molecular weight excluding hydrogens is 456 g/mol. The summed E-state index contributed by atoms with van der Waals surface area (Å²) in [5.41, 5.74) is -3.12. The van der Waals surface area contributed by atoms with E-state index < -0.39 is 44.9 Å². The number of hydrogen-bond donors (Lipinski definition) is 1. The van der Waals surface area contributed by atoms with E-state index >= 15 is 0 Å². The number of benzene rings is 1. The molecule has 0 saturated heterocycles. The Hall–Kier alpha value is -2.34. The topological polar surface area (TPSA) is 63.2 Å². The van der Waals surface area contributed by atoms with Crippen molar-refractivity contribution < 1.29 is 39.6 Å². The van der Waals surface area contributed by atoms with E-state index in [2.05, 4.69) is 5.32 Å². The van der Waals surface area contributed by atoms with E-state index in [1.165, 1.54) is 6.08 Å². The molecule has 3 rings (SSSR count). The van der Waals surface area contributed by atoms with Gasteiger partial charge in [-0.25, -0.2) is 8.42 Å². The second-order valence-electron chi connectivity index (χ2n) is 6.57. The van der Waals surface area contributed by atoms with Gasteiger partial charge in [-0.1, -0.05) is 12.2 Å². The molecule has 0 spiro atoms. The van der Waals surface area contributed by atoms with Gasteiger partial charge in [0.15, 0.2) is 9.84 Å². The molecule has 0 fully saturated rings. The first-order chi connectivity index (χ1) is 13.7. The number of fused-ring (bicyclic) bond motifs is 1. The third-order valence-electron chi connectivity index (χ3n) is 4.25. The Labute approximate surface area is 171 Å². The van der Waals surface area contributed by atoms with Crippen LogP contribution in [-0.4, -0.2) is 20.6 Å². The molecule has 1 aliphatic rings. The molecular formula is C18H13F6NO3S2. The van der Waals surface area contributed by atoms with E-state index in [0.717, 1.165) is 6.26 Å². The number of halogens is 6. The monoisotopic (exact) mass is 469 g/mol. The molecule has 1 aliphatic carbocycles. The van der Waals surface area contributed by atoms with Crippen molar-refractivity contribution in [3.05, 3.63) is 51.4 Å². The summed E-state index contributed by atoms with van der Waals surface area (Å²) in [6, 6.07) is 0.740. The van der Waals surface area contributed by atoms with E-state index in [1.54, 1.807) is 6.08 Å². The third kappa shape index (κ3) is 4.53. The number of sulfone groups is 1. The van der Waals surface area contributed by atoms with Gasteiger partial charge in [0.2, 0.25) is 0 Å². The Morgan fingerprint density at radius 3 is 2.10 bits per heavy atom. The zero-order valence-corrected chi connectivity index (χ0v) is 16.7. The van der Waals surface area contributed by atoms with Crippen molar-refractivity contribution in [1.82, 2.24) is 0 Å². The Kier molecular flexibility index (Phi) is 5.52. The van der Waals surface area contributed by atoms with E-state index in [4.69, 9.17) is 0 Å². The summed E-state index contributed by atoms with van der Waals surface area (Å²) in [6.07, 6.45) is -5.09. The van der Waals surface area contributed by atoms with Gasteiger partial charge < -0.3 is 5.32 Å². The molecule has 12 heteroatoms. The number of alkyl halides is 6. The Balaban J connectivity index is 2.05. The molecule has 0 unspecified atom stereocenters. The summed E-state index contributed by atoms with van der Waals surface area (Å²) in [6.45, 7) is 0. The van der Waals surface area contributed by atoms with Crippen LogP contribution in [-0.2, 0) is 28.6 Å². The highest BCUT2D eigenvalue weighted by molar-refractivity contribution is 7.92. The van der Waals surface area contributed by atoms with E-state index in [0.29, 0.717) is 47.4 Å². The molecule has 30 heavy (non-hydrogen) atoms. The first-order valence-corrected chi connectivity index (χ1v) is 11.0. The highest BCUT2D eigenvalue weighted by Crippen LogP contribution is 2.39. The van der Waals surface area contributed by atoms with Crippen LogP contribution in [0.25, 0.3) is 6.08 Å². The van der Waals surface area contributed by atoms with Gasteiger partial charge >= 0.3 is 12.4 Å². The lowest BCUT2D eigenvalue weighted by Crippen LogP contribution is -2.16. The van der Waals surface area contributed by atoms with Gasteiger partial charge in [0.1, 0.15) is 4.21 Å². The van der Waals surface area contributed by atoms with Crippen LogP contribution in [0.5, 0.6) is 0 Å². The highest BCUT2D eigenvalue weighted by atomic mass is 32.2. The SMILES string of the molecule is CS(=O)(=O)c1sc(C(=O)Nc2cc(C(F)(F)F)cc(C(F)(F)F)c2)c2c1C=CCC2. The fraction of sp³-hybridized carbons (Fsp3) is 0.278. The zero-order chi connectivity index (χ0) is 22.5. The molecule has 0 aliphatic heterocycles. The first-order valence-electron chi connectivity index (χ1n) is 8.31. The lowest BCUT2D eigenvalue weighted by molar-refractivity contribution is -0.143. The van der Waals surface area contributed by atoms with Crippen molar-refractivity contribution in [3.8, 4) is 0 Å². The van der Waals surface area contributed by atoms with Crippen LogP contribution in [0.15, 0.2) is 28.5 Å². The average Bonchev–Trinajstić information content (AvgIpc) is 3.00. The standard InChI is InChI=1S/C18H13F6NO3S2/c1-30(27,28)16-13-5-3-2-4-12(13)14(29-16)15(26)25-11-7-9(17(19,20)21)6-10(8-11)18(22,23)24/h3,5-8H,2,4H2,1H3,(H,25,26). The molecule has 0 bridgehead atoms. The van der Waals surface area contributed by atoms with Gasteiger partial charge in [-0.15, -0.1) is 11.3 Å². The smallest absolute Gasteiger partial charge is 0.321 e. The number of allylic oxidation sites excluding steroid dienone is 1. The van der Waals surface area contributed by atoms with Crippen molar-refractivity contribution in [2.75, 3.05) is 11.6 Å². The van der Waals surface area contributed by atoms with Gasteiger partial charge in [0.25, 0.3) is 5.91 Å². The van der Waals surface area contributed by atoms with Crippen LogP contribution >= 0.6 is 11.3 Å². The van der Waals surface area contributed by atoms with Crippen molar-refractivity contribution in [2.24, 2.45) is 0 Å². The second kappa shape index (κ2) is 7.41. The molecule has 162 valence electrons. The molecule has 2 aromatic rings. The number of nitrogens with one attached hydrogen (secondary N) is 1. The van der Waals surface area contributed by atoms with E-state index in [1.807, 2.05) is 0 Å². The largest absolute Gasteiger partial charge is 0.416 e. The predicted molar refractivity (Wildman–Crippen MR) is 99.2 cm³/mol. The second-order valence-corrected chi connectivity index (χ2v) is 9.80. The van der Waals surface area contributed by atoms with E-state index in [-0.39, 0.29) is 15.2 Å². The third-order valence-corrected chi connectivity index (χ3v) is 7.34. The fourth-order valence-corrected chi connectivity index (χ4v) is 5.39. The van der Waals surface area contributed by atoms with Crippen LogP contribution < -0.4 is 5.32 Å².